The summed E-state index contributed by atoms with van der Waals surface area (Å²) < 4.78 is 34.8. The average molecular weight is 510 g/mol. The van der Waals surface area contributed by atoms with Crippen LogP contribution in [0.5, 0.6) is 0 Å². The van der Waals surface area contributed by atoms with E-state index in [4.69, 9.17) is 0 Å². The van der Waals surface area contributed by atoms with Crippen LogP contribution in [-0.2, 0) is 26.2 Å². The van der Waals surface area contributed by atoms with Gasteiger partial charge in [0, 0.05) is 0 Å². The van der Waals surface area contributed by atoms with E-state index >= 15 is 0 Å². The van der Waals surface area contributed by atoms with Crippen molar-refractivity contribution in [2.24, 2.45) is 17.8 Å². The first-order valence-electron chi connectivity index (χ1n) is 12.3. The molecule has 0 aromatic rings. The third kappa shape index (κ3) is 7.86. The maximum absolute atomic E-state index is 11.6. The molecule has 6 bridgehead atoms. The molecule has 4 heteroatoms. The van der Waals surface area contributed by atoms with Gasteiger partial charge in [-0.2, -0.15) is 77.0 Å². The standard InChI is InChI=1S/3C7H11.C6H4F3.Zr/c3*1-2-7-4-3-6(1)5-7;7-6(8,9)5-3-1-2-4-5;/h3*6H,1-5H2;1,3H,2H2;/q4*-1;+4. The van der Waals surface area contributed by atoms with E-state index in [1.165, 1.54) is 102 Å². The van der Waals surface area contributed by atoms with Gasteiger partial charge in [-0.25, -0.2) is 6.08 Å². The fraction of sp³-hybridized carbons (Fsp3) is 0.741. The van der Waals surface area contributed by atoms with Crippen LogP contribution in [0.2, 0.25) is 0 Å². The van der Waals surface area contributed by atoms with Gasteiger partial charge in [0.1, 0.15) is 0 Å². The van der Waals surface area contributed by atoms with Crippen LogP contribution < -0.4 is 0 Å². The Kier molecular flexibility index (Phi) is 10.0. The van der Waals surface area contributed by atoms with E-state index in [1.54, 1.807) is 0 Å². The van der Waals surface area contributed by atoms with Gasteiger partial charge in [-0.1, -0.05) is 56.3 Å². The van der Waals surface area contributed by atoms with E-state index in [9.17, 15) is 13.2 Å². The van der Waals surface area contributed by atoms with Crippen molar-refractivity contribution in [1.29, 1.82) is 0 Å². The van der Waals surface area contributed by atoms with Gasteiger partial charge in [0.2, 0.25) is 0 Å². The molecule has 0 aromatic carbocycles. The summed E-state index contributed by atoms with van der Waals surface area (Å²) in [5.41, 5.74) is -0.650. The maximum atomic E-state index is 11.6. The molecule has 6 saturated carbocycles. The summed E-state index contributed by atoms with van der Waals surface area (Å²) in [5.74, 6) is 9.00. The van der Waals surface area contributed by atoms with Crippen molar-refractivity contribution in [2.45, 2.75) is 109 Å². The van der Waals surface area contributed by atoms with Crippen molar-refractivity contribution in [3.63, 3.8) is 0 Å². The Labute approximate surface area is 207 Å². The number of allylic oxidation sites excluding steroid dienone is 4. The van der Waals surface area contributed by atoms with Crippen molar-refractivity contribution >= 4 is 0 Å². The molecule has 0 amide bonds. The van der Waals surface area contributed by atoms with Gasteiger partial charge in [-0.15, -0.1) is 12.0 Å². The Morgan fingerprint density at radius 3 is 1.13 bits per heavy atom. The molecular weight excluding hydrogens is 473 g/mol. The summed E-state index contributed by atoms with van der Waals surface area (Å²) in [6, 6.07) is 0. The molecule has 0 heterocycles. The SMILES string of the molecule is C1CC2CC[C-]1C2.C1CC2CC[C-]1C2.C1CC2CC[C-]1C2.FC(F)(F)C1=[C-]CC=C1.[Zr+4]. The smallest absolute Gasteiger partial charge is 0.313 e. The van der Waals surface area contributed by atoms with E-state index in [0.29, 0.717) is 0 Å². The zero-order chi connectivity index (χ0) is 21.0. The Bertz CT molecular complexity index is 502. The summed E-state index contributed by atoms with van der Waals surface area (Å²) >= 11 is 0. The maximum Gasteiger partial charge on any atom is 4.00 e. The number of rotatable bonds is 0. The first-order chi connectivity index (χ1) is 14.5. The average Bonchev–Trinajstić information content (AvgIpc) is 3.62. The molecule has 0 radical (unpaired) electrons. The summed E-state index contributed by atoms with van der Waals surface area (Å²) in [6.07, 6.45) is 23.2. The predicted octanol–water partition coefficient (Wildman–Crippen LogP) is 8.70. The molecular formula is C27H37F3Zr. The predicted molar refractivity (Wildman–Crippen MR) is 116 cm³/mol. The second-order valence-corrected chi connectivity index (χ2v) is 10.4. The summed E-state index contributed by atoms with van der Waals surface area (Å²) in [6.45, 7) is 0. The van der Waals surface area contributed by atoms with Gasteiger partial charge in [0.15, 0.2) is 0 Å². The van der Waals surface area contributed by atoms with Crippen LogP contribution in [0.4, 0.5) is 13.2 Å². The molecule has 31 heavy (non-hydrogen) atoms. The third-order valence-corrected chi connectivity index (χ3v) is 8.17. The van der Waals surface area contributed by atoms with Crippen LogP contribution in [0, 0.1) is 41.6 Å². The third-order valence-electron chi connectivity index (χ3n) is 8.17. The van der Waals surface area contributed by atoms with Crippen LogP contribution in [0.1, 0.15) is 103 Å². The Hall–Kier alpha value is 0.153. The Morgan fingerprint density at radius 1 is 0.677 bits per heavy atom. The van der Waals surface area contributed by atoms with Crippen molar-refractivity contribution in [3.8, 4) is 0 Å². The van der Waals surface area contributed by atoms with Gasteiger partial charge in [0.05, 0.1) is 0 Å². The van der Waals surface area contributed by atoms with E-state index in [1.807, 2.05) is 17.8 Å². The van der Waals surface area contributed by atoms with E-state index < -0.39 is 11.7 Å². The molecule has 0 aliphatic heterocycles. The largest absolute Gasteiger partial charge is 4.00 e. The van der Waals surface area contributed by atoms with Gasteiger partial charge < -0.3 is 17.8 Å². The Balaban J connectivity index is 0.000000116. The zero-order valence-corrected chi connectivity index (χ0v) is 21.3. The summed E-state index contributed by atoms with van der Waals surface area (Å²) in [4.78, 5) is 0. The van der Waals surface area contributed by atoms with Crippen LogP contribution in [0.3, 0.4) is 0 Å². The number of fused-ring (bicyclic) bond motifs is 6. The second-order valence-electron chi connectivity index (χ2n) is 10.4. The van der Waals surface area contributed by atoms with Crippen LogP contribution in [0.15, 0.2) is 17.7 Å². The molecule has 0 aromatic heterocycles. The molecule has 0 N–H and O–H groups in total. The van der Waals surface area contributed by atoms with Crippen molar-refractivity contribution in [1.82, 2.24) is 0 Å². The van der Waals surface area contributed by atoms with Gasteiger partial charge in [0.25, 0.3) is 0 Å². The fourth-order valence-corrected chi connectivity index (χ4v) is 6.31. The van der Waals surface area contributed by atoms with Crippen LogP contribution >= 0.6 is 0 Å². The van der Waals surface area contributed by atoms with E-state index in [2.05, 4.69) is 6.08 Å². The molecule has 7 aliphatic rings. The first-order valence-corrected chi connectivity index (χ1v) is 12.3. The molecule has 170 valence electrons. The number of alkyl halides is 3. The first kappa shape index (κ1) is 25.8. The molecule has 7 aliphatic carbocycles. The molecule has 0 spiro atoms. The van der Waals surface area contributed by atoms with Gasteiger partial charge in [-0.3, -0.25) is 6.08 Å². The topological polar surface area (TPSA) is 0 Å². The van der Waals surface area contributed by atoms with Crippen LogP contribution in [-0.4, -0.2) is 6.18 Å². The summed E-state index contributed by atoms with van der Waals surface area (Å²) in [5, 5.41) is 0. The quantitative estimate of drug-likeness (QED) is 0.286. The van der Waals surface area contributed by atoms with Gasteiger partial charge in [-0.05, 0) is 0 Å². The molecule has 0 saturated heterocycles. The zero-order valence-electron chi connectivity index (χ0n) is 18.8. The van der Waals surface area contributed by atoms with E-state index in [-0.39, 0.29) is 32.6 Å². The van der Waals surface area contributed by atoms with Gasteiger partial charge >= 0.3 is 32.4 Å². The van der Waals surface area contributed by atoms with Crippen molar-refractivity contribution in [3.05, 3.63) is 41.6 Å². The minimum Gasteiger partial charge on any atom is -0.313 e. The molecule has 7 rings (SSSR count). The minimum absolute atomic E-state index is 0. The second kappa shape index (κ2) is 12.0. The minimum atomic E-state index is -4.20. The fourth-order valence-electron chi connectivity index (χ4n) is 6.31. The molecule has 0 nitrogen and oxygen atoms in total. The normalized spacial score (nSPS) is 27.4. The number of hydrogen-bond acceptors (Lipinski definition) is 0. The molecule has 6 fully saturated rings. The molecule has 0 unspecified atom stereocenters. The van der Waals surface area contributed by atoms with Crippen molar-refractivity contribution in [2.75, 3.05) is 0 Å². The molecule has 0 atom stereocenters. The van der Waals surface area contributed by atoms with E-state index in [0.717, 1.165) is 23.8 Å². The number of halogens is 3. The summed E-state index contributed by atoms with van der Waals surface area (Å²) in [7, 11) is 0. The number of hydrogen-bond donors (Lipinski definition) is 0. The van der Waals surface area contributed by atoms with Crippen molar-refractivity contribution < 1.29 is 39.4 Å². The Morgan fingerprint density at radius 2 is 1.03 bits per heavy atom. The monoisotopic (exact) mass is 508 g/mol. The van der Waals surface area contributed by atoms with Crippen LogP contribution in [0.25, 0.3) is 0 Å².